The molecule has 0 spiro atoms. The standard InChI is InChI=1S/C16H10N2O6/c19-10-17-13-5-1-4-12(7-13)16(21)24-9-15(20)11-3-2-6-14(8-11)18(22)23/h1-8H,9H2. The van der Waals surface area contributed by atoms with Crippen molar-refractivity contribution in [2.45, 2.75) is 0 Å². The molecular weight excluding hydrogens is 316 g/mol. The van der Waals surface area contributed by atoms with Crippen LogP contribution >= 0.6 is 0 Å². The molecule has 0 amide bonds. The van der Waals surface area contributed by atoms with Crippen LogP contribution in [0.2, 0.25) is 0 Å². The maximum Gasteiger partial charge on any atom is 0.338 e. The lowest BCUT2D eigenvalue weighted by molar-refractivity contribution is -0.384. The van der Waals surface area contributed by atoms with Gasteiger partial charge < -0.3 is 4.74 Å². The Hall–Kier alpha value is -3.64. The van der Waals surface area contributed by atoms with E-state index in [1.807, 2.05) is 0 Å². The molecule has 0 aliphatic carbocycles. The Morgan fingerprint density at radius 2 is 1.83 bits per heavy atom. The monoisotopic (exact) mass is 326 g/mol. The summed E-state index contributed by atoms with van der Waals surface area (Å²) in [6.07, 6.45) is 1.35. The van der Waals surface area contributed by atoms with E-state index in [9.17, 15) is 24.5 Å². The zero-order chi connectivity index (χ0) is 17.5. The quantitative estimate of drug-likeness (QED) is 0.201. The summed E-state index contributed by atoms with van der Waals surface area (Å²) in [6.45, 7) is -0.568. The van der Waals surface area contributed by atoms with Crippen molar-refractivity contribution < 1.29 is 24.0 Å². The number of rotatable bonds is 6. The first-order chi connectivity index (χ1) is 11.5. The molecule has 0 aromatic heterocycles. The molecule has 0 saturated carbocycles. The van der Waals surface area contributed by atoms with E-state index in [1.54, 1.807) is 0 Å². The highest BCUT2D eigenvalue weighted by Gasteiger charge is 2.15. The highest BCUT2D eigenvalue weighted by Crippen LogP contribution is 2.16. The van der Waals surface area contributed by atoms with Gasteiger partial charge >= 0.3 is 5.97 Å². The van der Waals surface area contributed by atoms with E-state index >= 15 is 0 Å². The van der Waals surface area contributed by atoms with Gasteiger partial charge in [0.15, 0.2) is 6.61 Å². The summed E-state index contributed by atoms with van der Waals surface area (Å²) in [5, 5.41) is 10.7. The number of Topliss-reactive ketones (excluding diaryl/α,β-unsaturated/α-hetero) is 1. The summed E-state index contributed by atoms with van der Waals surface area (Å²) < 4.78 is 4.88. The van der Waals surface area contributed by atoms with Gasteiger partial charge in [-0.1, -0.05) is 18.2 Å². The Kier molecular flexibility index (Phi) is 5.28. The normalized spacial score (nSPS) is 9.67. The first kappa shape index (κ1) is 16.7. The Labute approximate surface area is 135 Å². The summed E-state index contributed by atoms with van der Waals surface area (Å²) in [4.78, 5) is 47.5. The number of non-ortho nitro benzene ring substituents is 1. The highest BCUT2D eigenvalue weighted by atomic mass is 16.6. The van der Waals surface area contributed by atoms with Gasteiger partial charge in [0.25, 0.3) is 5.69 Å². The molecule has 24 heavy (non-hydrogen) atoms. The molecule has 0 N–H and O–H groups in total. The van der Waals surface area contributed by atoms with E-state index in [-0.39, 0.29) is 22.5 Å². The topological polar surface area (TPSA) is 116 Å². The lowest BCUT2D eigenvalue weighted by atomic mass is 10.1. The molecule has 2 rings (SSSR count). The molecule has 2 aromatic rings. The van der Waals surface area contributed by atoms with Crippen molar-refractivity contribution >= 4 is 29.2 Å². The first-order valence-electron chi connectivity index (χ1n) is 6.64. The Morgan fingerprint density at radius 1 is 1.12 bits per heavy atom. The van der Waals surface area contributed by atoms with Gasteiger partial charge in [0, 0.05) is 17.7 Å². The molecule has 8 heteroatoms. The zero-order valence-corrected chi connectivity index (χ0v) is 12.2. The van der Waals surface area contributed by atoms with Crippen molar-refractivity contribution in [3.63, 3.8) is 0 Å². The molecule has 0 radical (unpaired) electrons. The van der Waals surface area contributed by atoms with Gasteiger partial charge in [-0.05, 0) is 18.2 Å². The smallest absolute Gasteiger partial charge is 0.338 e. The van der Waals surface area contributed by atoms with Crippen molar-refractivity contribution in [3.8, 4) is 0 Å². The highest BCUT2D eigenvalue weighted by molar-refractivity contribution is 5.99. The number of carbonyl (C=O) groups excluding carboxylic acids is 3. The Balaban J connectivity index is 2.04. The molecule has 120 valence electrons. The fourth-order valence-electron chi connectivity index (χ4n) is 1.85. The third kappa shape index (κ3) is 4.19. The summed E-state index contributed by atoms with van der Waals surface area (Å²) >= 11 is 0. The number of nitro groups is 1. The molecule has 0 saturated heterocycles. The van der Waals surface area contributed by atoms with Crippen LogP contribution in [0.3, 0.4) is 0 Å². The summed E-state index contributed by atoms with van der Waals surface area (Å²) in [5.41, 5.74) is 0.172. The van der Waals surface area contributed by atoms with Gasteiger partial charge in [-0.3, -0.25) is 14.9 Å². The lowest BCUT2D eigenvalue weighted by Crippen LogP contribution is -2.14. The number of benzene rings is 2. The molecule has 0 unspecified atom stereocenters. The first-order valence-corrected chi connectivity index (χ1v) is 6.64. The van der Waals surface area contributed by atoms with Gasteiger partial charge in [0.1, 0.15) is 0 Å². The van der Waals surface area contributed by atoms with Crippen molar-refractivity contribution in [2.75, 3.05) is 6.61 Å². The van der Waals surface area contributed by atoms with Crippen molar-refractivity contribution in [1.29, 1.82) is 0 Å². The van der Waals surface area contributed by atoms with Gasteiger partial charge in [0.05, 0.1) is 16.2 Å². The Bertz CT molecular complexity index is 798. The third-order valence-corrected chi connectivity index (χ3v) is 2.97. The number of hydrogen-bond donors (Lipinski definition) is 0. The van der Waals surface area contributed by atoms with E-state index in [4.69, 9.17) is 4.74 Å². The molecule has 8 nitrogen and oxygen atoms in total. The lowest BCUT2D eigenvalue weighted by Gasteiger charge is -2.05. The van der Waals surface area contributed by atoms with Crippen LogP contribution in [-0.4, -0.2) is 29.4 Å². The summed E-state index contributed by atoms with van der Waals surface area (Å²) in [7, 11) is 0. The van der Waals surface area contributed by atoms with Gasteiger partial charge in [-0.2, -0.15) is 4.99 Å². The number of esters is 1. The predicted octanol–water partition coefficient (Wildman–Crippen LogP) is 2.60. The predicted molar refractivity (Wildman–Crippen MR) is 81.9 cm³/mol. The second-order valence-corrected chi connectivity index (χ2v) is 4.56. The number of nitrogens with zero attached hydrogens (tertiary/aromatic N) is 2. The van der Waals surface area contributed by atoms with Gasteiger partial charge in [0.2, 0.25) is 11.9 Å². The Morgan fingerprint density at radius 3 is 2.54 bits per heavy atom. The second kappa shape index (κ2) is 7.57. The van der Waals surface area contributed by atoms with E-state index in [0.717, 1.165) is 6.07 Å². The van der Waals surface area contributed by atoms with Crippen LogP contribution in [0.5, 0.6) is 0 Å². The third-order valence-electron chi connectivity index (χ3n) is 2.97. The van der Waals surface area contributed by atoms with E-state index in [0.29, 0.717) is 0 Å². The number of hydrogen-bond acceptors (Lipinski definition) is 7. The summed E-state index contributed by atoms with van der Waals surface area (Å²) in [5.74, 6) is -1.36. The summed E-state index contributed by atoms with van der Waals surface area (Å²) in [6, 6.07) is 10.9. The van der Waals surface area contributed by atoms with Crippen LogP contribution in [0.25, 0.3) is 0 Å². The SMILES string of the molecule is O=C=Nc1cccc(C(=O)OCC(=O)c2cccc([N+](=O)[O-])c2)c1. The number of ketones is 1. The van der Waals surface area contributed by atoms with Crippen LogP contribution in [-0.2, 0) is 9.53 Å². The van der Waals surface area contributed by atoms with Crippen LogP contribution in [0.4, 0.5) is 11.4 Å². The van der Waals surface area contributed by atoms with Crippen LogP contribution in [0.15, 0.2) is 53.5 Å². The molecule has 0 aliphatic heterocycles. The fourth-order valence-corrected chi connectivity index (χ4v) is 1.85. The van der Waals surface area contributed by atoms with Crippen molar-refractivity contribution in [3.05, 3.63) is 69.8 Å². The van der Waals surface area contributed by atoms with Crippen LogP contribution < -0.4 is 0 Å². The minimum absolute atomic E-state index is 0.0660. The molecule has 0 heterocycles. The zero-order valence-electron chi connectivity index (χ0n) is 12.2. The average molecular weight is 326 g/mol. The van der Waals surface area contributed by atoms with Crippen LogP contribution in [0.1, 0.15) is 20.7 Å². The van der Waals surface area contributed by atoms with Crippen molar-refractivity contribution in [2.24, 2.45) is 4.99 Å². The van der Waals surface area contributed by atoms with E-state index in [1.165, 1.54) is 48.5 Å². The maximum atomic E-state index is 12.0. The van der Waals surface area contributed by atoms with E-state index in [2.05, 4.69) is 4.99 Å². The molecule has 0 fully saturated rings. The molecule has 2 aromatic carbocycles. The van der Waals surface area contributed by atoms with Crippen molar-refractivity contribution in [1.82, 2.24) is 0 Å². The molecule has 0 aliphatic rings. The minimum Gasteiger partial charge on any atom is -0.454 e. The molecular formula is C16H10N2O6. The largest absolute Gasteiger partial charge is 0.454 e. The molecule has 0 bridgehead atoms. The van der Waals surface area contributed by atoms with E-state index < -0.39 is 23.3 Å². The fraction of sp³-hybridized carbons (Fsp3) is 0.0625. The second-order valence-electron chi connectivity index (χ2n) is 4.56. The number of isocyanates is 1. The maximum absolute atomic E-state index is 12.0. The number of aliphatic imine (C=N–C) groups is 1. The minimum atomic E-state index is -0.781. The van der Waals surface area contributed by atoms with Gasteiger partial charge in [-0.15, -0.1) is 0 Å². The average Bonchev–Trinajstić information content (AvgIpc) is 2.60. The number of carbonyl (C=O) groups is 2. The van der Waals surface area contributed by atoms with Crippen LogP contribution in [0, 0.1) is 10.1 Å². The number of ether oxygens (including phenoxy) is 1. The van der Waals surface area contributed by atoms with Gasteiger partial charge in [-0.25, -0.2) is 9.59 Å². The molecule has 0 atom stereocenters. The number of nitro benzene ring substituents is 1.